The first kappa shape index (κ1) is 22.9. The van der Waals surface area contributed by atoms with Gasteiger partial charge in [0.1, 0.15) is 11.5 Å². The van der Waals surface area contributed by atoms with Crippen molar-refractivity contribution in [1.82, 2.24) is 15.3 Å². The summed E-state index contributed by atoms with van der Waals surface area (Å²) in [6.45, 7) is 4.42. The number of aryl methyl sites for hydroxylation is 3. The molecule has 0 amide bonds. The van der Waals surface area contributed by atoms with Gasteiger partial charge in [0.2, 0.25) is 5.78 Å². The Morgan fingerprint density at radius 2 is 1.69 bits per heavy atom. The molecule has 3 heterocycles. The van der Waals surface area contributed by atoms with Crippen molar-refractivity contribution in [3.63, 3.8) is 0 Å². The first-order chi connectivity index (χ1) is 17.2. The van der Waals surface area contributed by atoms with Crippen LogP contribution >= 0.6 is 0 Å². The van der Waals surface area contributed by atoms with E-state index >= 15 is 0 Å². The van der Waals surface area contributed by atoms with E-state index in [0.717, 1.165) is 49.6 Å². The molecular weight excluding hydrogens is 432 g/mol. The molecule has 4 aromatic rings. The van der Waals surface area contributed by atoms with Crippen LogP contribution in [0.4, 0.5) is 5.82 Å². The van der Waals surface area contributed by atoms with Crippen LogP contribution in [0.25, 0.3) is 0 Å². The summed E-state index contributed by atoms with van der Waals surface area (Å²) < 4.78 is 0. The van der Waals surface area contributed by atoms with Gasteiger partial charge in [-0.05, 0) is 54.7 Å². The van der Waals surface area contributed by atoms with Gasteiger partial charge < -0.3 is 10.2 Å². The van der Waals surface area contributed by atoms with Gasteiger partial charge in [0.15, 0.2) is 0 Å². The Hall–Kier alpha value is -3.83. The van der Waals surface area contributed by atoms with Crippen LogP contribution in [-0.2, 0) is 12.8 Å². The van der Waals surface area contributed by atoms with Gasteiger partial charge in [-0.1, -0.05) is 66.7 Å². The number of hydrogen-bond donors (Lipinski definition) is 1. The summed E-state index contributed by atoms with van der Waals surface area (Å²) in [7, 11) is 0. The number of ketones is 1. The molecule has 35 heavy (non-hydrogen) atoms. The lowest BCUT2D eigenvalue weighted by Gasteiger charge is -2.35. The standard InChI is InChI=1S/C30H30N4O/c1-22-26(19-24(20-32-22)16-15-23-9-4-2-5-10-23)30(35)27-13-8-14-29(33-27)34-18-17-31-28(21-34)25-11-6-3-7-12-25/h2-14,19-20,28,31H,15-18,21H2,1H3. The van der Waals surface area contributed by atoms with Crippen LogP contribution in [0.5, 0.6) is 0 Å². The van der Waals surface area contributed by atoms with Gasteiger partial charge in [0.25, 0.3) is 0 Å². The van der Waals surface area contributed by atoms with Crippen LogP contribution in [0.2, 0.25) is 0 Å². The number of nitrogens with one attached hydrogen (secondary N) is 1. The average Bonchev–Trinajstić information content (AvgIpc) is 2.93. The Kier molecular flexibility index (Phi) is 6.96. The summed E-state index contributed by atoms with van der Waals surface area (Å²) in [4.78, 5) is 25.0. The monoisotopic (exact) mass is 462 g/mol. The number of carbonyl (C=O) groups is 1. The second kappa shape index (κ2) is 10.6. The summed E-state index contributed by atoms with van der Waals surface area (Å²) in [5.74, 6) is 0.761. The smallest absolute Gasteiger partial charge is 0.213 e. The summed E-state index contributed by atoms with van der Waals surface area (Å²) in [6, 6.07) is 28.8. The van der Waals surface area contributed by atoms with E-state index < -0.39 is 0 Å². The van der Waals surface area contributed by atoms with Crippen LogP contribution < -0.4 is 10.2 Å². The van der Waals surface area contributed by atoms with Gasteiger partial charge in [-0.2, -0.15) is 0 Å². The summed E-state index contributed by atoms with van der Waals surface area (Å²) >= 11 is 0. The number of anilines is 1. The molecule has 1 aliphatic rings. The number of aromatic nitrogens is 2. The minimum atomic E-state index is -0.0758. The molecule has 0 saturated carbocycles. The fourth-order valence-electron chi connectivity index (χ4n) is 4.61. The summed E-state index contributed by atoms with van der Waals surface area (Å²) in [5.41, 5.74) is 5.42. The van der Waals surface area contributed by atoms with E-state index in [9.17, 15) is 4.79 Å². The Balaban J connectivity index is 1.33. The van der Waals surface area contributed by atoms with Crippen molar-refractivity contribution in [3.8, 4) is 0 Å². The van der Waals surface area contributed by atoms with Crippen molar-refractivity contribution in [2.24, 2.45) is 0 Å². The molecule has 0 radical (unpaired) electrons. The highest BCUT2D eigenvalue weighted by molar-refractivity contribution is 6.08. The molecular formula is C30H30N4O. The molecule has 176 valence electrons. The number of pyridine rings is 2. The molecule has 2 aromatic carbocycles. The largest absolute Gasteiger partial charge is 0.353 e. The van der Waals surface area contributed by atoms with Gasteiger partial charge in [0.05, 0.1) is 0 Å². The van der Waals surface area contributed by atoms with Crippen LogP contribution in [-0.4, -0.2) is 35.4 Å². The fraction of sp³-hybridized carbons (Fsp3) is 0.233. The topological polar surface area (TPSA) is 58.1 Å². The molecule has 1 unspecified atom stereocenters. The van der Waals surface area contributed by atoms with Gasteiger partial charge in [-0.25, -0.2) is 4.98 Å². The molecule has 5 nitrogen and oxygen atoms in total. The number of piperazine rings is 1. The Bertz CT molecular complexity index is 1290. The normalized spacial score (nSPS) is 15.7. The van der Waals surface area contributed by atoms with E-state index in [0.29, 0.717) is 11.3 Å². The zero-order valence-corrected chi connectivity index (χ0v) is 20.0. The van der Waals surface area contributed by atoms with E-state index in [-0.39, 0.29) is 11.8 Å². The third kappa shape index (κ3) is 5.47. The van der Waals surface area contributed by atoms with Crippen LogP contribution in [0.1, 0.15) is 44.5 Å². The van der Waals surface area contributed by atoms with Crippen molar-refractivity contribution in [3.05, 3.63) is 125 Å². The Morgan fingerprint density at radius 3 is 2.49 bits per heavy atom. The van der Waals surface area contributed by atoms with Crippen molar-refractivity contribution in [2.45, 2.75) is 25.8 Å². The molecule has 1 N–H and O–H groups in total. The maximum absolute atomic E-state index is 13.5. The Morgan fingerprint density at radius 1 is 0.943 bits per heavy atom. The molecule has 1 atom stereocenters. The van der Waals surface area contributed by atoms with E-state index in [1.165, 1.54) is 11.1 Å². The number of hydrogen-bond acceptors (Lipinski definition) is 5. The number of benzene rings is 2. The van der Waals surface area contributed by atoms with Crippen LogP contribution in [0.3, 0.4) is 0 Å². The second-order valence-corrected chi connectivity index (χ2v) is 9.04. The molecule has 5 rings (SSSR count). The molecule has 5 heteroatoms. The summed E-state index contributed by atoms with van der Waals surface area (Å²) in [5, 5.41) is 3.59. The lowest BCUT2D eigenvalue weighted by molar-refractivity contribution is 0.103. The van der Waals surface area contributed by atoms with Crippen molar-refractivity contribution in [1.29, 1.82) is 0 Å². The van der Waals surface area contributed by atoms with Gasteiger partial charge in [-0.3, -0.25) is 9.78 Å². The molecule has 1 saturated heterocycles. The molecule has 0 aliphatic carbocycles. The number of nitrogens with zero attached hydrogens (tertiary/aromatic N) is 3. The predicted molar refractivity (Wildman–Crippen MR) is 140 cm³/mol. The van der Waals surface area contributed by atoms with Gasteiger partial charge in [-0.15, -0.1) is 0 Å². The molecule has 0 spiro atoms. The van der Waals surface area contributed by atoms with Crippen molar-refractivity contribution >= 4 is 11.6 Å². The number of carbonyl (C=O) groups excluding carboxylic acids is 1. The molecule has 2 aromatic heterocycles. The summed E-state index contributed by atoms with van der Waals surface area (Å²) in [6.07, 6.45) is 3.63. The molecule has 0 bridgehead atoms. The highest BCUT2D eigenvalue weighted by Crippen LogP contribution is 2.22. The van der Waals surface area contributed by atoms with E-state index in [1.807, 2.05) is 43.5 Å². The minimum absolute atomic E-state index is 0.0758. The van der Waals surface area contributed by atoms with Crippen LogP contribution in [0.15, 0.2) is 91.1 Å². The zero-order valence-electron chi connectivity index (χ0n) is 20.0. The second-order valence-electron chi connectivity index (χ2n) is 9.04. The SMILES string of the molecule is Cc1ncc(CCc2ccccc2)cc1C(=O)c1cccc(N2CCNC(c3ccccc3)C2)n1. The minimum Gasteiger partial charge on any atom is -0.353 e. The van der Waals surface area contributed by atoms with Crippen molar-refractivity contribution < 1.29 is 4.79 Å². The van der Waals surface area contributed by atoms with Gasteiger partial charge in [0, 0.05) is 43.1 Å². The highest BCUT2D eigenvalue weighted by Gasteiger charge is 2.23. The van der Waals surface area contributed by atoms with Gasteiger partial charge >= 0.3 is 0 Å². The molecule has 1 aliphatic heterocycles. The third-order valence-electron chi connectivity index (χ3n) is 6.60. The van der Waals surface area contributed by atoms with Crippen LogP contribution in [0, 0.1) is 6.92 Å². The lowest BCUT2D eigenvalue weighted by atomic mass is 10.0. The third-order valence-corrected chi connectivity index (χ3v) is 6.60. The Labute approximate surface area is 206 Å². The molecule has 1 fully saturated rings. The average molecular weight is 463 g/mol. The maximum atomic E-state index is 13.5. The highest BCUT2D eigenvalue weighted by atomic mass is 16.1. The van der Waals surface area contributed by atoms with E-state index in [1.54, 1.807) is 6.07 Å². The lowest BCUT2D eigenvalue weighted by Crippen LogP contribution is -2.46. The van der Waals surface area contributed by atoms with E-state index in [4.69, 9.17) is 4.98 Å². The van der Waals surface area contributed by atoms with Crippen molar-refractivity contribution in [2.75, 3.05) is 24.5 Å². The quantitative estimate of drug-likeness (QED) is 0.394. The zero-order chi connectivity index (χ0) is 24.0. The van der Waals surface area contributed by atoms with E-state index in [2.05, 4.69) is 63.7 Å². The first-order valence-electron chi connectivity index (χ1n) is 12.2. The first-order valence-corrected chi connectivity index (χ1v) is 12.2. The maximum Gasteiger partial charge on any atom is 0.213 e. The predicted octanol–water partition coefficient (Wildman–Crippen LogP) is 4.95. The fourth-order valence-corrected chi connectivity index (χ4v) is 4.61. The number of rotatable bonds is 7.